The van der Waals surface area contributed by atoms with Gasteiger partial charge < -0.3 is 10.2 Å². The zero-order valence-electron chi connectivity index (χ0n) is 15.1. The number of nitrogens with zero attached hydrogens (tertiary/aromatic N) is 1. The van der Waals surface area contributed by atoms with E-state index in [1.807, 2.05) is 37.3 Å². The molecule has 0 saturated carbocycles. The number of rotatable bonds is 7. The molecule has 2 amide bonds. The van der Waals surface area contributed by atoms with Crippen LogP contribution in [0, 0.1) is 0 Å². The average molecular weight is 389 g/mol. The van der Waals surface area contributed by atoms with E-state index in [9.17, 15) is 18.0 Å². The van der Waals surface area contributed by atoms with Crippen molar-refractivity contribution in [2.24, 2.45) is 5.14 Å². The number of hydrogen-bond donors (Lipinski definition) is 2. The maximum absolute atomic E-state index is 12.3. The van der Waals surface area contributed by atoms with Gasteiger partial charge >= 0.3 is 11.8 Å². The number of hydrogen-bond acceptors (Lipinski definition) is 4. The van der Waals surface area contributed by atoms with E-state index in [0.717, 1.165) is 11.1 Å². The van der Waals surface area contributed by atoms with E-state index in [4.69, 9.17) is 5.14 Å². The fourth-order valence-corrected chi connectivity index (χ4v) is 3.03. The van der Waals surface area contributed by atoms with Crippen molar-refractivity contribution in [1.29, 1.82) is 0 Å². The van der Waals surface area contributed by atoms with Crippen LogP contribution >= 0.6 is 0 Å². The molecule has 0 bridgehead atoms. The van der Waals surface area contributed by atoms with Crippen molar-refractivity contribution in [1.82, 2.24) is 10.2 Å². The Morgan fingerprint density at radius 3 is 2.19 bits per heavy atom. The Labute approximate surface area is 159 Å². The number of benzene rings is 2. The quantitative estimate of drug-likeness (QED) is 0.690. The van der Waals surface area contributed by atoms with Crippen molar-refractivity contribution in [3.63, 3.8) is 0 Å². The van der Waals surface area contributed by atoms with Gasteiger partial charge in [-0.2, -0.15) is 0 Å². The van der Waals surface area contributed by atoms with Gasteiger partial charge in [0.15, 0.2) is 0 Å². The number of nitrogens with two attached hydrogens (primary N) is 1. The summed E-state index contributed by atoms with van der Waals surface area (Å²) >= 11 is 0. The van der Waals surface area contributed by atoms with Gasteiger partial charge in [-0.1, -0.05) is 42.5 Å². The molecule has 2 aromatic carbocycles. The Kier molecular flexibility index (Phi) is 7.09. The van der Waals surface area contributed by atoms with E-state index < -0.39 is 21.8 Å². The summed E-state index contributed by atoms with van der Waals surface area (Å²) in [5.41, 5.74) is 1.78. The molecule has 0 aromatic heterocycles. The molecular weight excluding hydrogens is 366 g/mol. The minimum absolute atomic E-state index is 0.0324. The molecule has 3 N–H and O–H groups in total. The van der Waals surface area contributed by atoms with Gasteiger partial charge in [-0.15, -0.1) is 0 Å². The molecule has 0 heterocycles. The van der Waals surface area contributed by atoms with E-state index in [-0.39, 0.29) is 11.4 Å². The predicted molar refractivity (Wildman–Crippen MR) is 102 cm³/mol. The molecule has 0 spiro atoms. The van der Waals surface area contributed by atoms with E-state index in [1.54, 1.807) is 12.1 Å². The zero-order chi connectivity index (χ0) is 19.9. The molecule has 8 heteroatoms. The van der Waals surface area contributed by atoms with Gasteiger partial charge in [0, 0.05) is 19.6 Å². The number of amides is 2. The number of carbonyl (C=O) groups excluding carboxylic acids is 2. The molecule has 2 aromatic rings. The lowest BCUT2D eigenvalue weighted by Gasteiger charge is -2.20. The van der Waals surface area contributed by atoms with E-state index in [1.165, 1.54) is 17.0 Å². The molecule has 7 nitrogen and oxygen atoms in total. The minimum atomic E-state index is -3.72. The van der Waals surface area contributed by atoms with Gasteiger partial charge in [-0.05, 0) is 36.6 Å². The second-order valence-electron chi connectivity index (χ2n) is 6.00. The Morgan fingerprint density at radius 1 is 1.00 bits per heavy atom. The highest BCUT2D eigenvalue weighted by atomic mass is 32.2. The average Bonchev–Trinajstić information content (AvgIpc) is 2.66. The topological polar surface area (TPSA) is 110 Å². The Balaban J connectivity index is 1.86. The summed E-state index contributed by atoms with van der Waals surface area (Å²) in [5.74, 6) is -1.24. The molecule has 0 radical (unpaired) electrons. The van der Waals surface area contributed by atoms with E-state index >= 15 is 0 Å². The molecule has 27 heavy (non-hydrogen) atoms. The molecule has 0 saturated heterocycles. The van der Waals surface area contributed by atoms with Crippen LogP contribution < -0.4 is 10.5 Å². The second-order valence-corrected chi connectivity index (χ2v) is 7.56. The number of primary sulfonamides is 1. The van der Waals surface area contributed by atoms with Gasteiger partial charge in [0.25, 0.3) is 0 Å². The SMILES string of the molecule is CCN(Cc1ccccc1)C(=O)C(=O)NCCc1ccc(S(N)(=O)=O)cc1. The van der Waals surface area contributed by atoms with Crippen LogP contribution in [0.1, 0.15) is 18.1 Å². The van der Waals surface area contributed by atoms with Crippen LogP contribution in [0.5, 0.6) is 0 Å². The van der Waals surface area contributed by atoms with Crippen LogP contribution in [0.4, 0.5) is 0 Å². The first-order valence-corrected chi connectivity index (χ1v) is 10.1. The summed E-state index contributed by atoms with van der Waals surface area (Å²) < 4.78 is 22.4. The van der Waals surface area contributed by atoms with Crippen LogP contribution in [-0.4, -0.2) is 38.2 Å². The van der Waals surface area contributed by atoms with Gasteiger partial charge in [-0.3, -0.25) is 9.59 Å². The highest BCUT2D eigenvalue weighted by Gasteiger charge is 2.20. The van der Waals surface area contributed by atoms with Gasteiger partial charge in [0.05, 0.1) is 4.90 Å². The lowest BCUT2D eigenvalue weighted by Crippen LogP contribution is -2.43. The molecule has 0 fully saturated rings. The van der Waals surface area contributed by atoms with E-state index in [2.05, 4.69) is 5.32 Å². The van der Waals surface area contributed by atoms with Crippen molar-refractivity contribution < 1.29 is 18.0 Å². The first-order valence-electron chi connectivity index (χ1n) is 8.54. The van der Waals surface area contributed by atoms with Crippen LogP contribution in [0.2, 0.25) is 0 Å². The smallest absolute Gasteiger partial charge is 0.312 e. The third-order valence-electron chi connectivity index (χ3n) is 4.03. The van der Waals surface area contributed by atoms with Crippen molar-refractivity contribution >= 4 is 21.8 Å². The summed E-state index contributed by atoms with van der Waals surface area (Å²) in [6.45, 7) is 2.89. The third kappa shape index (κ3) is 6.19. The van der Waals surface area contributed by atoms with Gasteiger partial charge in [0.1, 0.15) is 0 Å². The first kappa shape index (κ1) is 20.6. The molecule has 0 atom stereocenters. The maximum atomic E-state index is 12.3. The van der Waals surface area contributed by atoms with E-state index in [0.29, 0.717) is 19.5 Å². The third-order valence-corrected chi connectivity index (χ3v) is 4.96. The predicted octanol–water partition coefficient (Wildman–Crippen LogP) is 1.04. The Hall–Kier alpha value is -2.71. The lowest BCUT2D eigenvalue weighted by atomic mass is 10.1. The number of carbonyl (C=O) groups is 2. The largest absolute Gasteiger partial charge is 0.347 e. The number of likely N-dealkylation sites (N-methyl/N-ethyl adjacent to an activating group) is 1. The molecule has 2 rings (SSSR count). The summed E-state index contributed by atoms with van der Waals surface area (Å²) in [6.07, 6.45) is 0.467. The van der Waals surface area contributed by atoms with Crippen molar-refractivity contribution in [3.8, 4) is 0 Å². The number of sulfonamides is 1. The molecule has 0 aliphatic heterocycles. The molecule has 0 aliphatic carbocycles. The summed E-state index contributed by atoms with van der Waals surface area (Å²) in [7, 11) is -3.72. The monoisotopic (exact) mass is 389 g/mol. The fourth-order valence-electron chi connectivity index (χ4n) is 2.52. The van der Waals surface area contributed by atoms with Crippen molar-refractivity contribution in [3.05, 3.63) is 65.7 Å². The van der Waals surface area contributed by atoms with Gasteiger partial charge in [0.2, 0.25) is 10.0 Å². The second kappa shape index (κ2) is 9.29. The molecule has 0 unspecified atom stereocenters. The normalized spacial score (nSPS) is 11.0. The number of nitrogens with one attached hydrogen (secondary N) is 1. The first-order chi connectivity index (χ1) is 12.8. The van der Waals surface area contributed by atoms with Crippen molar-refractivity contribution in [2.75, 3.05) is 13.1 Å². The van der Waals surface area contributed by atoms with Crippen LogP contribution in [0.15, 0.2) is 59.5 Å². The van der Waals surface area contributed by atoms with Crippen molar-refractivity contribution in [2.45, 2.75) is 24.8 Å². The summed E-state index contributed by atoms with van der Waals surface area (Å²) in [5, 5.41) is 7.65. The Morgan fingerprint density at radius 2 is 1.63 bits per heavy atom. The standard InChI is InChI=1S/C19H23N3O4S/c1-2-22(14-16-6-4-3-5-7-16)19(24)18(23)21-13-12-15-8-10-17(11-9-15)27(20,25)26/h3-11H,2,12-14H2,1H3,(H,21,23)(H2,20,25,26). The summed E-state index contributed by atoms with van der Waals surface area (Å²) in [6, 6.07) is 15.5. The van der Waals surface area contributed by atoms with Crippen LogP contribution in [0.3, 0.4) is 0 Å². The molecule has 144 valence electrons. The molecular formula is C19H23N3O4S. The maximum Gasteiger partial charge on any atom is 0.312 e. The minimum Gasteiger partial charge on any atom is -0.347 e. The van der Waals surface area contributed by atoms with Gasteiger partial charge in [-0.25, -0.2) is 13.6 Å². The van der Waals surface area contributed by atoms with Crippen LogP contribution in [0.25, 0.3) is 0 Å². The zero-order valence-corrected chi connectivity index (χ0v) is 15.9. The van der Waals surface area contributed by atoms with Crippen LogP contribution in [-0.2, 0) is 32.6 Å². The molecule has 0 aliphatic rings. The summed E-state index contributed by atoms with van der Waals surface area (Å²) in [4.78, 5) is 25.9. The lowest BCUT2D eigenvalue weighted by molar-refractivity contribution is -0.146. The fraction of sp³-hybridized carbons (Fsp3) is 0.263. The highest BCUT2D eigenvalue weighted by Crippen LogP contribution is 2.09. The Bertz CT molecular complexity index is 881. The highest BCUT2D eigenvalue weighted by molar-refractivity contribution is 7.89.